The molecular weight excluding hydrogens is 318 g/mol. The van der Waals surface area contributed by atoms with Gasteiger partial charge in [-0.25, -0.2) is 13.1 Å². The van der Waals surface area contributed by atoms with Crippen LogP contribution in [0, 0.1) is 0 Å². The van der Waals surface area contributed by atoms with Crippen molar-refractivity contribution in [2.24, 2.45) is 0 Å². The third-order valence-corrected chi connectivity index (χ3v) is 5.47. The fraction of sp³-hybridized carbons (Fsp3) is 0.231. The van der Waals surface area contributed by atoms with Crippen LogP contribution in [0.1, 0.15) is 11.0 Å². The van der Waals surface area contributed by atoms with Crippen LogP contribution in [0.2, 0.25) is 4.34 Å². The fourth-order valence-electron chi connectivity index (χ4n) is 1.67. The smallest absolute Gasteiger partial charge is 0.240 e. The Bertz CT molecular complexity index is 655. The summed E-state index contributed by atoms with van der Waals surface area (Å²) in [6.07, 6.45) is -0.356. The van der Waals surface area contributed by atoms with Crippen molar-refractivity contribution in [3.63, 3.8) is 0 Å². The Morgan fingerprint density at radius 2 is 1.95 bits per heavy atom. The van der Waals surface area contributed by atoms with Crippen molar-refractivity contribution in [3.8, 4) is 0 Å². The average molecular weight is 332 g/mol. The molecule has 20 heavy (non-hydrogen) atoms. The fourth-order valence-corrected chi connectivity index (χ4v) is 3.86. The molecule has 2 aromatic rings. The van der Waals surface area contributed by atoms with Crippen molar-refractivity contribution in [2.75, 3.05) is 13.7 Å². The summed E-state index contributed by atoms with van der Waals surface area (Å²) in [7, 11) is -1.99. The number of methoxy groups -OCH3 is 1. The second-order valence-electron chi connectivity index (χ2n) is 4.03. The molecule has 1 aromatic carbocycles. The normalized spacial score (nSPS) is 13.3. The first-order valence-corrected chi connectivity index (χ1v) is 8.53. The highest BCUT2D eigenvalue weighted by Crippen LogP contribution is 2.28. The number of hydrogen-bond acceptors (Lipinski definition) is 4. The van der Waals surface area contributed by atoms with E-state index in [1.807, 2.05) is 6.07 Å². The monoisotopic (exact) mass is 331 g/mol. The summed E-state index contributed by atoms with van der Waals surface area (Å²) >= 11 is 7.24. The van der Waals surface area contributed by atoms with Crippen molar-refractivity contribution in [2.45, 2.75) is 11.0 Å². The maximum absolute atomic E-state index is 12.1. The van der Waals surface area contributed by atoms with E-state index in [0.29, 0.717) is 4.34 Å². The number of nitrogens with one attached hydrogen (secondary N) is 1. The topological polar surface area (TPSA) is 55.4 Å². The van der Waals surface area contributed by atoms with Crippen molar-refractivity contribution >= 4 is 33.0 Å². The molecule has 0 amide bonds. The summed E-state index contributed by atoms with van der Waals surface area (Å²) in [6, 6.07) is 11.8. The molecule has 1 aromatic heterocycles. The van der Waals surface area contributed by atoms with Crippen LogP contribution < -0.4 is 4.72 Å². The molecule has 0 aliphatic carbocycles. The number of benzene rings is 1. The molecule has 1 atom stereocenters. The molecule has 0 saturated carbocycles. The van der Waals surface area contributed by atoms with Gasteiger partial charge in [0, 0.05) is 18.5 Å². The predicted octanol–water partition coefficient (Wildman–Crippen LogP) is 3.07. The standard InChI is InChI=1S/C13H14ClNO3S2/c1-18-11(12-7-8-13(14)19-12)9-15-20(16,17)10-5-3-2-4-6-10/h2-8,11,15H,9H2,1H3/t11-/m0/s1. The summed E-state index contributed by atoms with van der Waals surface area (Å²) in [5.41, 5.74) is 0. The van der Waals surface area contributed by atoms with Crippen molar-refractivity contribution in [1.82, 2.24) is 4.72 Å². The molecule has 0 bridgehead atoms. The summed E-state index contributed by atoms with van der Waals surface area (Å²) in [6.45, 7) is 0.157. The molecular formula is C13H14ClNO3S2. The Morgan fingerprint density at radius 1 is 1.25 bits per heavy atom. The van der Waals surface area contributed by atoms with Crippen LogP contribution in [0.5, 0.6) is 0 Å². The summed E-state index contributed by atoms with van der Waals surface area (Å²) in [5, 5.41) is 0. The van der Waals surface area contributed by atoms with E-state index in [-0.39, 0.29) is 17.5 Å². The first-order chi connectivity index (χ1) is 9.53. The number of hydrogen-bond donors (Lipinski definition) is 1. The summed E-state index contributed by atoms with van der Waals surface area (Å²) in [5.74, 6) is 0. The van der Waals surface area contributed by atoms with Gasteiger partial charge in [0.05, 0.1) is 9.23 Å². The minimum absolute atomic E-state index is 0.157. The predicted molar refractivity (Wildman–Crippen MR) is 80.7 cm³/mol. The maximum Gasteiger partial charge on any atom is 0.240 e. The highest BCUT2D eigenvalue weighted by molar-refractivity contribution is 7.89. The maximum atomic E-state index is 12.1. The Balaban J connectivity index is 2.07. The SMILES string of the molecule is CO[C@@H](CNS(=O)(=O)c1ccccc1)c1ccc(Cl)s1. The zero-order valence-electron chi connectivity index (χ0n) is 10.7. The molecule has 4 nitrogen and oxygen atoms in total. The van der Waals surface area contributed by atoms with Crippen LogP contribution in [0.3, 0.4) is 0 Å². The lowest BCUT2D eigenvalue weighted by molar-refractivity contribution is 0.110. The van der Waals surface area contributed by atoms with Gasteiger partial charge in [0.25, 0.3) is 0 Å². The van der Waals surface area contributed by atoms with Gasteiger partial charge in [-0.1, -0.05) is 29.8 Å². The first-order valence-electron chi connectivity index (χ1n) is 5.85. The van der Waals surface area contributed by atoms with Crippen LogP contribution in [0.4, 0.5) is 0 Å². The lowest BCUT2D eigenvalue weighted by atomic mass is 10.3. The quantitative estimate of drug-likeness (QED) is 0.885. The third-order valence-electron chi connectivity index (χ3n) is 2.71. The van der Waals surface area contributed by atoms with Gasteiger partial charge in [-0.2, -0.15) is 0 Å². The van der Waals surface area contributed by atoms with E-state index >= 15 is 0 Å². The molecule has 0 aliphatic rings. The molecule has 1 heterocycles. The Kier molecular flexibility index (Phi) is 5.17. The largest absolute Gasteiger partial charge is 0.375 e. The first kappa shape index (κ1) is 15.5. The van der Waals surface area contributed by atoms with Gasteiger partial charge < -0.3 is 4.74 Å². The van der Waals surface area contributed by atoms with Gasteiger partial charge in [0.2, 0.25) is 10.0 Å². The van der Waals surface area contributed by atoms with E-state index in [2.05, 4.69) is 4.72 Å². The van der Waals surface area contributed by atoms with Crippen molar-refractivity contribution < 1.29 is 13.2 Å². The molecule has 0 spiro atoms. The van der Waals surface area contributed by atoms with Crippen LogP contribution in [-0.4, -0.2) is 22.1 Å². The van der Waals surface area contributed by atoms with E-state index in [1.54, 1.807) is 36.4 Å². The van der Waals surface area contributed by atoms with Gasteiger partial charge in [0.1, 0.15) is 6.10 Å². The van der Waals surface area contributed by atoms with Crippen LogP contribution >= 0.6 is 22.9 Å². The molecule has 0 aliphatic heterocycles. The van der Waals surface area contributed by atoms with Crippen molar-refractivity contribution in [1.29, 1.82) is 0 Å². The Labute approximate surface area is 127 Å². The van der Waals surface area contributed by atoms with Gasteiger partial charge in [-0.3, -0.25) is 0 Å². The molecule has 1 N–H and O–H groups in total. The molecule has 0 fully saturated rings. The second kappa shape index (κ2) is 6.69. The average Bonchev–Trinajstić information content (AvgIpc) is 2.87. The molecule has 108 valence electrons. The van der Waals surface area contributed by atoms with Gasteiger partial charge in [0.15, 0.2) is 0 Å². The van der Waals surface area contributed by atoms with Gasteiger partial charge in [-0.15, -0.1) is 11.3 Å². The number of rotatable bonds is 6. The van der Waals surface area contributed by atoms with E-state index in [0.717, 1.165) is 4.88 Å². The number of sulfonamides is 1. The van der Waals surface area contributed by atoms with Crippen LogP contribution in [-0.2, 0) is 14.8 Å². The molecule has 7 heteroatoms. The van der Waals surface area contributed by atoms with Crippen molar-refractivity contribution in [3.05, 3.63) is 51.7 Å². The molecule has 0 radical (unpaired) electrons. The lowest BCUT2D eigenvalue weighted by Crippen LogP contribution is -2.29. The van der Waals surface area contributed by atoms with E-state index in [9.17, 15) is 8.42 Å². The Hall–Kier alpha value is -0.920. The summed E-state index contributed by atoms with van der Waals surface area (Å²) < 4.78 is 32.7. The number of thiophene rings is 1. The highest BCUT2D eigenvalue weighted by atomic mass is 35.5. The van der Waals surface area contributed by atoms with Crippen LogP contribution in [0.25, 0.3) is 0 Å². The van der Waals surface area contributed by atoms with E-state index in [1.165, 1.54) is 18.4 Å². The van der Waals surface area contributed by atoms with Crippen LogP contribution in [0.15, 0.2) is 47.4 Å². The number of halogens is 1. The zero-order chi connectivity index (χ0) is 14.6. The van der Waals surface area contributed by atoms with E-state index < -0.39 is 10.0 Å². The number of ether oxygens (including phenoxy) is 1. The third kappa shape index (κ3) is 3.80. The van der Waals surface area contributed by atoms with Gasteiger partial charge in [-0.05, 0) is 24.3 Å². The Morgan fingerprint density at radius 3 is 2.50 bits per heavy atom. The highest BCUT2D eigenvalue weighted by Gasteiger charge is 2.18. The molecule has 0 saturated heterocycles. The molecule has 0 unspecified atom stereocenters. The van der Waals surface area contributed by atoms with Gasteiger partial charge >= 0.3 is 0 Å². The minimum Gasteiger partial charge on any atom is -0.375 e. The lowest BCUT2D eigenvalue weighted by Gasteiger charge is -2.14. The minimum atomic E-state index is -3.52. The zero-order valence-corrected chi connectivity index (χ0v) is 13.1. The second-order valence-corrected chi connectivity index (χ2v) is 7.54. The van der Waals surface area contributed by atoms with E-state index in [4.69, 9.17) is 16.3 Å². The molecule has 2 rings (SSSR count). The summed E-state index contributed by atoms with van der Waals surface area (Å²) in [4.78, 5) is 1.12.